The molecule has 1 aliphatic rings. The van der Waals surface area contributed by atoms with Gasteiger partial charge in [0.2, 0.25) is 0 Å². The van der Waals surface area contributed by atoms with Crippen molar-refractivity contribution in [3.63, 3.8) is 0 Å². The van der Waals surface area contributed by atoms with Gasteiger partial charge in [0.1, 0.15) is 0 Å². The fourth-order valence-corrected chi connectivity index (χ4v) is 3.86. The number of rotatable bonds is 7. The van der Waals surface area contributed by atoms with Gasteiger partial charge < -0.3 is 9.64 Å². The van der Waals surface area contributed by atoms with Crippen LogP contribution in [0.15, 0.2) is 0 Å². The summed E-state index contributed by atoms with van der Waals surface area (Å²) in [7, 11) is 0. The standard InChI is InChI=1S/C13H25NO2S/c1-4-14(5-2)12(9-13(15)16-6-3)11-7-8-17-10-11/h11-12H,4-10H2,1-3H3. The van der Waals surface area contributed by atoms with Crippen LogP contribution in [0, 0.1) is 5.92 Å². The van der Waals surface area contributed by atoms with Crippen molar-refractivity contribution in [2.75, 3.05) is 31.2 Å². The van der Waals surface area contributed by atoms with Crippen LogP contribution < -0.4 is 0 Å². The second-order valence-corrected chi connectivity index (χ2v) is 5.57. The van der Waals surface area contributed by atoms with Crippen molar-refractivity contribution in [3.8, 4) is 0 Å². The predicted octanol–water partition coefficient (Wildman–Crippen LogP) is 2.40. The molecule has 2 atom stereocenters. The van der Waals surface area contributed by atoms with Gasteiger partial charge in [0.25, 0.3) is 0 Å². The lowest BCUT2D eigenvalue weighted by Gasteiger charge is -2.33. The summed E-state index contributed by atoms with van der Waals surface area (Å²) in [6.07, 6.45) is 1.80. The van der Waals surface area contributed by atoms with Gasteiger partial charge in [-0.05, 0) is 43.9 Å². The third kappa shape index (κ3) is 4.51. The maximum Gasteiger partial charge on any atom is 0.307 e. The zero-order valence-electron chi connectivity index (χ0n) is 11.3. The van der Waals surface area contributed by atoms with Crippen molar-refractivity contribution in [2.24, 2.45) is 5.92 Å². The van der Waals surface area contributed by atoms with Crippen LogP contribution in [0.2, 0.25) is 0 Å². The molecule has 0 aromatic rings. The molecule has 0 aromatic heterocycles. The highest BCUT2D eigenvalue weighted by Gasteiger charge is 2.31. The van der Waals surface area contributed by atoms with Gasteiger partial charge in [-0.15, -0.1) is 0 Å². The molecular weight excluding hydrogens is 234 g/mol. The predicted molar refractivity (Wildman–Crippen MR) is 73.4 cm³/mol. The van der Waals surface area contributed by atoms with E-state index in [1.165, 1.54) is 17.9 Å². The molecule has 1 heterocycles. The van der Waals surface area contributed by atoms with Gasteiger partial charge in [-0.1, -0.05) is 13.8 Å². The number of esters is 1. The molecule has 1 rings (SSSR count). The molecule has 0 aromatic carbocycles. The van der Waals surface area contributed by atoms with Gasteiger partial charge in [0, 0.05) is 6.04 Å². The lowest BCUT2D eigenvalue weighted by atomic mass is 9.94. The van der Waals surface area contributed by atoms with Crippen molar-refractivity contribution in [3.05, 3.63) is 0 Å². The summed E-state index contributed by atoms with van der Waals surface area (Å²) < 4.78 is 5.10. The summed E-state index contributed by atoms with van der Waals surface area (Å²) in [6, 6.07) is 0.374. The highest BCUT2D eigenvalue weighted by atomic mass is 32.2. The maximum absolute atomic E-state index is 11.7. The van der Waals surface area contributed by atoms with E-state index in [4.69, 9.17) is 4.74 Å². The minimum Gasteiger partial charge on any atom is -0.466 e. The molecule has 0 saturated carbocycles. The van der Waals surface area contributed by atoms with Crippen molar-refractivity contribution in [1.82, 2.24) is 4.90 Å². The van der Waals surface area contributed by atoms with Gasteiger partial charge in [0.05, 0.1) is 13.0 Å². The molecule has 0 amide bonds. The number of hydrogen-bond acceptors (Lipinski definition) is 4. The fraction of sp³-hybridized carbons (Fsp3) is 0.923. The zero-order valence-corrected chi connectivity index (χ0v) is 12.1. The molecule has 0 N–H and O–H groups in total. The number of hydrogen-bond donors (Lipinski definition) is 0. The van der Waals surface area contributed by atoms with E-state index in [1.54, 1.807) is 0 Å². The maximum atomic E-state index is 11.7. The van der Waals surface area contributed by atoms with Gasteiger partial charge in [-0.3, -0.25) is 4.79 Å². The molecule has 1 saturated heterocycles. The SMILES string of the molecule is CCOC(=O)CC(C1CCSC1)N(CC)CC. The summed E-state index contributed by atoms with van der Waals surface area (Å²) in [5.41, 5.74) is 0. The summed E-state index contributed by atoms with van der Waals surface area (Å²) in [6.45, 7) is 8.73. The number of nitrogens with zero attached hydrogens (tertiary/aromatic N) is 1. The van der Waals surface area contributed by atoms with Crippen LogP contribution >= 0.6 is 11.8 Å². The molecule has 17 heavy (non-hydrogen) atoms. The van der Waals surface area contributed by atoms with E-state index in [2.05, 4.69) is 18.7 Å². The highest BCUT2D eigenvalue weighted by molar-refractivity contribution is 7.99. The van der Waals surface area contributed by atoms with E-state index in [0.717, 1.165) is 13.1 Å². The number of ether oxygens (including phenoxy) is 1. The minimum atomic E-state index is -0.0405. The Kier molecular flexibility index (Phi) is 6.97. The van der Waals surface area contributed by atoms with Gasteiger partial charge in [-0.2, -0.15) is 11.8 Å². The van der Waals surface area contributed by atoms with Crippen molar-refractivity contribution in [1.29, 1.82) is 0 Å². The molecule has 1 aliphatic heterocycles. The number of carbonyl (C=O) groups excluding carboxylic acids is 1. The van der Waals surface area contributed by atoms with Crippen molar-refractivity contribution in [2.45, 2.75) is 39.7 Å². The van der Waals surface area contributed by atoms with Gasteiger partial charge in [-0.25, -0.2) is 0 Å². The lowest BCUT2D eigenvalue weighted by Crippen LogP contribution is -2.42. The highest BCUT2D eigenvalue weighted by Crippen LogP contribution is 2.30. The Morgan fingerprint density at radius 3 is 2.59 bits per heavy atom. The van der Waals surface area contributed by atoms with Crippen LogP contribution in [0.25, 0.3) is 0 Å². The molecule has 0 bridgehead atoms. The van der Waals surface area contributed by atoms with Crippen molar-refractivity contribution < 1.29 is 9.53 Å². The molecule has 0 spiro atoms. The molecule has 1 fully saturated rings. The average molecular weight is 259 g/mol. The zero-order chi connectivity index (χ0) is 12.7. The first kappa shape index (κ1) is 14.8. The lowest BCUT2D eigenvalue weighted by molar-refractivity contribution is -0.145. The second kappa shape index (κ2) is 7.98. The van der Waals surface area contributed by atoms with E-state index in [1.807, 2.05) is 18.7 Å². The first-order chi connectivity index (χ1) is 8.22. The first-order valence-electron chi connectivity index (χ1n) is 6.70. The Morgan fingerprint density at radius 2 is 2.12 bits per heavy atom. The first-order valence-corrected chi connectivity index (χ1v) is 7.85. The Bertz CT molecular complexity index is 223. The van der Waals surface area contributed by atoms with Crippen LogP contribution in [0.1, 0.15) is 33.6 Å². The fourth-order valence-electron chi connectivity index (χ4n) is 2.53. The topological polar surface area (TPSA) is 29.5 Å². The molecule has 4 heteroatoms. The van der Waals surface area contributed by atoms with E-state index in [9.17, 15) is 4.79 Å². The third-order valence-electron chi connectivity index (χ3n) is 3.47. The minimum absolute atomic E-state index is 0.0405. The monoisotopic (exact) mass is 259 g/mol. The molecule has 100 valence electrons. The molecule has 0 radical (unpaired) electrons. The largest absolute Gasteiger partial charge is 0.466 e. The molecule has 3 nitrogen and oxygen atoms in total. The third-order valence-corrected chi connectivity index (χ3v) is 4.66. The van der Waals surface area contributed by atoms with Gasteiger partial charge >= 0.3 is 5.97 Å². The van der Waals surface area contributed by atoms with Crippen LogP contribution in [0.3, 0.4) is 0 Å². The molecule has 0 aliphatic carbocycles. The van der Waals surface area contributed by atoms with Crippen molar-refractivity contribution >= 4 is 17.7 Å². The van der Waals surface area contributed by atoms with Gasteiger partial charge in [0.15, 0.2) is 0 Å². The Hall–Kier alpha value is -0.220. The normalized spacial score (nSPS) is 21.8. The summed E-state index contributed by atoms with van der Waals surface area (Å²) in [5.74, 6) is 3.05. The van der Waals surface area contributed by atoms with E-state index < -0.39 is 0 Å². The number of thioether (sulfide) groups is 1. The van der Waals surface area contributed by atoms with Crippen LogP contribution in [-0.4, -0.2) is 48.1 Å². The van der Waals surface area contributed by atoms with Crippen LogP contribution in [0.4, 0.5) is 0 Å². The Balaban J connectivity index is 2.60. The number of carbonyl (C=O) groups is 1. The summed E-state index contributed by atoms with van der Waals surface area (Å²) in [4.78, 5) is 14.1. The second-order valence-electron chi connectivity index (χ2n) is 4.42. The quantitative estimate of drug-likeness (QED) is 0.657. The Labute approximate surface area is 109 Å². The smallest absolute Gasteiger partial charge is 0.307 e. The average Bonchev–Trinajstić information content (AvgIpc) is 2.83. The molecular formula is C13H25NO2S. The van der Waals surface area contributed by atoms with E-state index >= 15 is 0 Å². The summed E-state index contributed by atoms with van der Waals surface area (Å²) >= 11 is 2.01. The van der Waals surface area contributed by atoms with Crippen LogP contribution in [-0.2, 0) is 9.53 Å². The van der Waals surface area contributed by atoms with E-state index in [0.29, 0.717) is 25.0 Å². The van der Waals surface area contributed by atoms with E-state index in [-0.39, 0.29) is 5.97 Å². The Morgan fingerprint density at radius 1 is 1.41 bits per heavy atom. The van der Waals surface area contributed by atoms with Crippen LogP contribution in [0.5, 0.6) is 0 Å². The summed E-state index contributed by atoms with van der Waals surface area (Å²) in [5, 5.41) is 0. The molecule has 2 unspecified atom stereocenters.